The van der Waals surface area contributed by atoms with Gasteiger partial charge < -0.3 is 23.7 Å². The minimum atomic E-state index is -0.937. The Kier molecular flexibility index (Phi) is 9.59. The summed E-state index contributed by atoms with van der Waals surface area (Å²) >= 11 is 0. The van der Waals surface area contributed by atoms with E-state index in [0.29, 0.717) is 5.56 Å². The molecule has 1 fully saturated rings. The first-order valence-corrected chi connectivity index (χ1v) is 13.4. The van der Waals surface area contributed by atoms with Crippen molar-refractivity contribution in [3.8, 4) is 0 Å². The van der Waals surface area contributed by atoms with Gasteiger partial charge in [-0.25, -0.2) is 4.79 Å². The lowest BCUT2D eigenvalue weighted by atomic mass is 9.96. The molecule has 1 aliphatic heterocycles. The third-order valence-corrected chi connectivity index (χ3v) is 6.96. The van der Waals surface area contributed by atoms with Crippen LogP contribution >= 0.6 is 0 Å². The normalized spacial score (nSPS) is 22.1. The first kappa shape index (κ1) is 28.3. The SMILES string of the molecule is CO[C@H]1O[C@H](COC(=O)c2ccccc2)[C@@H](OCc2ccc3ccccc3c2)[C@H](OCc2ccccc2)[C@H]1N=[N+]=[N-]. The van der Waals surface area contributed by atoms with Gasteiger partial charge in [-0.3, -0.25) is 0 Å². The monoisotopic (exact) mass is 553 g/mol. The summed E-state index contributed by atoms with van der Waals surface area (Å²) in [6.07, 6.45) is -3.21. The number of benzene rings is 4. The van der Waals surface area contributed by atoms with Crippen LogP contribution in [-0.4, -0.2) is 50.3 Å². The minimum Gasteiger partial charge on any atom is -0.459 e. The third-order valence-electron chi connectivity index (χ3n) is 6.96. The molecule has 210 valence electrons. The number of methoxy groups -OCH3 is 1. The molecule has 0 aromatic heterocycles. The second kappa shape index (κ2) is 13.9. The van der Waals surface area contributed by atoms with Gasteiger partial charge in [-0.2, -0.15) is 0 Å². The Morgan fingerprint density at radius 3 is 2.22 bits per heavy atom. The molecule has 0 bridgehead atoms. The zero-order valence-corrected chi connectivity index (χ0v) is 22.6. The van der Waals surface area contributed by atoms with Crippen LogP contribution in [0.3, 0.4) is 0 Å². The van der Waals surface area contributed by atoms with Crippen molar-refractivity contribution < 1.29 is 28.5 Å². The molecule has 41 heavy (non-hydrogen) atoms. The van der Waals surface area contributed by atoms with Gasteiger partial charge in [0.25, 0.3) is 0 Å². The van der Waals surface area contributed by atoms with Crippen molar-refractivity contribution in [2.24, 2.45) is 5.11 Å². The molecule has 0 aliphatic carbocycles. The fourth-order valence-electron chi connectivity index (χ4n) is 4.90. The Morgan fingerprint density at radius 1 is 0.829 bits per heavy atom. The summed E-state index contributed by atoms with van der Waals surface area (Å²) in [5, 5.41) is 6.18. The van der Waals surface area contributed by atoms with Gasteiger partial charge in [0.05, 0.1) is 18.8 Å². The van der Waals surface area contributed by atoms with Crippen LogP contribution < -0.4 is 0 Å². The summed E-state index contributed by atoms with van der Waals surface area (Å²) in [4.78, 5) is 15.8. The number of nitrogens with zero attached hydrogens (tertiary/aromatic N) is 3. The van der Waals surface area contributed by atoms with Crippen LogP contribution in [0.4, 0.5) is 0 Å². The van der Waals surface area contributed by atoms with E-state index in [1.165, 1.54) is 7.11 Å². The molecule has 9 heteroatoms. The van der Waals surface area contributed by atoms with Gasteiger partial charge in [-0.05, 0) is 45.6 Å². The smallest absolute Gasteiger partial charge is 0.338 e. The molecule has 9 nitrogen and oxygen atoms in total. The van der Waals surface area contributed by atoms with E-state index in [1.807, 2.05) is 66.7 Å². The standard InChI is InChI=1S/C32H31N3O6/c1-37-32-28(34-35-33)30(39-19-22-10-4-2-5-11-22)29(27(41-32)21-40-31(36)25-13-6-3-7-14-25)38-20-23-16-17-24-12-8-9-15-26(24)18-23/h2-18,27-30,32H,19-21H2,1H3/t27-,28-,29-,30-,32+/m1/s1. The lowest BCUT2D eigenvalue weighted by molar-refractivity contribution is -0.277. The van der Waals surface area contributed by atoms with Crippen LogP contribution in [0.2, 0.25) is 0 Å². The predicted octanol–water partition coefficient (Wildman–Crippen LogP) is 6.22. The van der Waals surface area contributed by atoms with Gasteiger partial charge in [0, 0.05) is 12.0 Å². The zero-order chi connectivity index (χ0) is 28.4. The summed E-state index contributed by atoms with van der Waals surface area (Å²) in [6, 6.07) is 31.7. The quantitative estimate of drug-likeness (QED) is 0.0944. The predicted molar refractivity (Wildman–Crippen MR) is 153 cm³/mol. The van der Waals surface area contributed by atoms with E-state index in [0.717, 1.165) is 21.9 Å². The Bertz CT molecular complexity index is 1480. The van der Waals surface area contributed by atoms with Gasteiger partial charge in [0.1, 0.15) is 31.0 Å². The third kappa shape index (κ3) is 7.10. The molecule has 0 saturated carbocycles. The molecule has 5 rings (SSSR count). The lowest BCUT2D eigenvalue weighted by Gasteiger charge is -2.44. The average Bonchev–Trinajstić information content (AvgIpc) is 3.03. The average molecular weight is 554 g/mol. The van der Waals surface area contributed by atoms with Crippen molar-refractivity contribution in [3.63, 3.8) is 0 Å². The molecule has 0 spiro atoms. The molecule has 1 aliphatic rings. The number of azide groups is 1. The van der Waals surface area contributed by atoms with E-state index >= 15 is 0 Å². The van der Waals surface area contributed by atoms with Crippen LogP contribution in [-0.2, 0) is 36.9 Å². The van der Waals surface area contributed by atoms with Crippen molar-refractivity contribution in [1.82, 2.24) is 0 Å². The fourth-order valence-corrected chi connectivity index (χ4v) is 4.90. The van der Waals surface area contributed by atoms with E-state index in [9.17, 15) is 10.3 Å². The van der Waals surface area contributed by atoms with Crippen molar-refractivity contribution in [2.75, 3.05) is 13.7 Å². The van der Waals surface area contributed by atoms with Crippen LogP contribution in [0, 0.1) is 0 Å². The van der Waals surface area contributed by atoms with Crippen molar-refractivity contribution in [2.45, 2.75) is 43.9 Å². The first-order chi connectivity index (χ1) is 20.2. The van der Waals surface area contributed by atoms with Crippen molar-refractivity contribution in [3.05, 3.63) is 130 Å². The summed E-state index contributed by atoms with van der Waals surface area (Å²) in [7, 11) is 1.46. The largest absolute Gasteiger partial charge is 0.459 e. The van der Waals surface area contributed by atoms with E-state index in [1.54, 1.807) is 24.3 Å². The van der Waals surface area contributed by atoms with Crippen LogP contribution in [0.15, 0.2) is 108 Å². The lowest BCUT2D eigenvalue weighted by Crippen LogP contribution is -2.60. The topological polar surface area (TPSA) is 112 Å². The number of esters is 1. The van der Waals surface area contributed by atoms with Crippen LogP contribution in [0.5, 0.6) is 0 Å². The Labute approximate surface area is 238 Å². The molecule has 4 aromatic rings. The van der Waals surface area contributed by atoms with E-state index in [2.05, 4.69) is 22.2 Å². The number of rotatable bonds is 11. The number of carbonyl (C=O) groups excluding carboxylic acids is 1. The fraction of sp³-hybridized carbons (Fsp3) is 0.281. The van der Waals surface area contributed by atoms with Gasteiger partial charge >= 0.3 is 5.97 Å². The van der Waals surface area contributed by atoms with Gasteiger partial charge in [0.15, 0.2) is 6.29 Å². The maximum atomic E-state index is 12.8. The van der Waals surface area contributed by atoms with E-state index in [4.69, 9.17) is 23.7 Å². The number of carbonyl (C=O) groups is 1. The molecule has 0 N–H and O–H groups in total. The van der Waals surface area contributed by atoms with Crippen LogP contribution in [0.25, 0.3) is 21.2 Å². The Morgan fingerprint density at radius 2 is 1.49 bits per heavy atom. The minimum absolute atomic E-state index is 0.121. The highest BCUT2D eigenvalue weighted by molar-refractivity contribution is 5.89. The number of ether oxygens (including phenoxy) is 5. The first-order valence-electron chi connectivity index (χ1n) is 13.4. The molecule has 4 aromatic carbocycles. The number of hydrogen-bond donors (Lipinski definition) is 0. The molecular weight excluding hydrogens is 522 g/mol. The molecular formula is C32H31N3O6. The number of hydrogen-bond acceptors (Lipinski definition) is 7. The molecule has 0 unspecified atom stereocenters. The summed E-state index contributed by atoms with van der Waals surface area (Å²) in [6.45, 7) is 0.351. The highest BCUT2D eigenvalue weighted by atomic mass is 16.7. The molecule has 0 radical (unpaired) electrons. The highest BCUT2D eigenvalue weighted by Crippen LogP contribution is 2.31. The van der Waals surface area contributed by atoms with Crippen LogP contribution in [0.1, 0.15) is 21.5 Å². The summed E-state index contributed by atoms with van der Waals surface area (Å²) in [5.41, 5.74) is 11.7. The maximum Gasteiger partial charge on any atom is 0.338 e. The maximum absolute atomic E-state index is 12.8. The van der Waals surface area contributed by atoms with Crippen molar-refractivity contribution in [1.29, 1.82) is 0 Å². The summed E-state index contributed by atoms with van der Waals surface area (Å²) in [5.74, 6) is -0.490. The summed E-state index contributed by atoms with van der Waals surface area (Å²) < 4.78 is 30.2. The van der Waals surface area contributed by atoms with Gasteiger partial charge in [-0.1, -0.05) is 90.0 Å². The second-order valence-corrected chi connectivity index (χ2v) is 9.66. The molecule has 1 saturated heterocycles. The second-order valence-electron chi connectivity index (χ2n) is 9.66. The molecule has 1 heterocycles. The molecule has 5 atom stereocenters. The van der Waals surface area contributed by atoms with Gasteiger partial charge in [0.2, 0.25) is 0 Å². The van der Waals surface area contributed by atoms with Gasteiger partial charge in [-0.15, -0.1) is 0 Å². The molecule has 0 amide bonds. The van der Waals surface area contributed by atoms with E-state index in [-0.39, 0.29) is 19.8 Å². The number of fused-ring (bicyclic) bond motifs is 1. The van der Waals surface area contributed by atoms with E-state index < -0.39 is 36.6 Å². The Balaban J connectivity index is 1.41. The Hall–Kier alpha value is -4.24. The van der Waals surface area contributed by atoms with Crippen molar-refractivity contribution >= 4 is 16.7 Å². The highest BCUT2D eigenvalue weighted by Gasteiger charge is 2.48. The zero-order valence-electron chi connectivity index (χ0n) is 22.6.